The highest BCUT2D eigenvalue weighted by molar-refractivity contribution is 5.66. The number of hydrogen-bond donors (Lipinski definition) is 0. The minimum absolute atomic E-state index is 0.252. The van der Waals surface area contributed by atoms with Crippen LogP contribution in [0.25, 0.3) is 0 Å². The van der Waals surface area contributed by atoms with Gasteiger partial charge >= 0.3 is 5.97 Å². The molecule has 0 amide bonds. The van der Waals surface area contributed by atoms with Gasteiger partial charge in [-0.2, -0.15) is 0 Å². The number of rotatable bonds is 2. The lowest BCUT2D eigenvalue weighted by atomic mass is 10.1. The molecule has 0 heterocycles. The van der Waals surface area contributed by atoms with E-state index < -0.39 is 0 Å². The Morgan fingerprint density at radius 3 is 2.27 bits per heavy atom. The summed E-state index contributed by atoms with van der Waals surface area (Å²) in [4.78, 5) is 10.5. The third kappa shape index (κ3) is 4.44. The fraction of sp³-hybridized carbons (Fsp3) is 0.667. The first kappa shape index (κ1) is 10.0. The average Bonchev–Trinajstić information content (AvgIpc) is 1.86. The SMILES string of the molecule is CC#C[C@H](OC(C)=O)C(C)C. The van der Waals surface area contributed by atoms with Gasteiger partial charge in [0.2, 0.25) is 0 Å². The van der Waals surface area contributed by atoms with E-state index in [1.807, 2.05) is 13.8 Å². The predicted octanol–water partition coefficient (Wildman–Crippen LogP) is 1.60. The maximum atomic E-state index is 10.5. The van der Waals surface area contributed by atoms with E-state index in [2.05, 4.69) is 11.8 Å². The highest BCUT2D eigenvalue weighted by atomic mass is 16.5. The quantitative estimate of drug-likeness (QED) is 0.446. The van der Waals surface area contributed by atoms with E-state index in [0.717, 1.165) is 0 Å². The van der Waals surface area contributed by atoms with Gasteiger partial charge < -0.3 is 4.74 Å². The zero-order valence-electron chi connectivity index (χ0n) is 7.47. The highest BCUT2D eigenvalue weighted by Gasteiger charge is 2.12. The number of hydrogen-bond acceptors (Lipinski definition) is 2. The Hall–Kier alpha value is -0.970. The molecule has 0 bridgehead atoms. The Morgan fingerprint density at radius 1 is 1.45 bits per heavy atom. The predicted molar refractivity (Wildman–Crippen MR) is 43.8 cm³/mol. The first-order chi connectivity index (χ1) is 5.07. The first-order valence-corrected chi connectivity index (χ1v) is 3.67. The molecule has 0 saturated heterocycles. The van der Waals surface area contributed by atoms with E-state index in [-0.39, 0.29) is 18.0 Å². The van der Waals surface area contributed by atoms with Gasteiger partial charge in [-0.1, -0.05) is 19.8 Å². The van der Waals surface area contributed by atoms with Crippen LogP contribution in [0.4, 0.5) is 0 Å². The van der Waals surface area contributed by atoms with Crippen molar-refractivity contribution in [3.63, 3.8) is 0 Å². The van der Waals surface area contributed by atoms with E-state index in [4.69, 9.17) is 4.74 Å². The van der Waals surface area contributed by atoms with Crippen molar-refractivity contribution in [3.8, 4) is 11.8 Å². The minimum atomic E-state index is -0.272. The summed E-state index contributed by atoms with van der Waals surface area (Å²) in [7, 11) is 0. The lowest BCUT2D eigenvalue weighted by molar-refractivity contribution is -0.145. The van der Waals surface area contributed by atoms with Crippen molar-refractivity contribution in [2.75, 3.05) is 0 Å². The molecule has 0 aromatic heterocycles. The van der Waals surface area contributed by atoms with Gasteiger partial charge in [-0.25, -0.2) is 0 Å². The molecule has 0 aromatic carbocycles. The Labute approximate surface area is 67.9 Å². The third-order valence-corrected chi connectivity index (χ3v) is 1.19. The summed E-state index contributed by atoms with van der Waals surface area (Å²) in [6.45, 7) is 7.07. The summed E-state index contributed by atoms with van der Waals surface area (Å²) >= 11 is 0. The maximum Gasteiger partial charge on any atom is 0.303 e. The van der Waals surface area contributed by atoms with E-state index in [0.29, 0.717) is 0 Å². The topological polar surface area (TPSA) is 26.3 Å². The zero-order valence-corrected chi connectivity index (χ0v) is 7.47. The molecule has 0 unspecified atom stereocenters. The number of ether oxygens (including phenoxy) is 1. The van der Waals surface area contributed by atoms with Crippen LogP contribution in [0, 0.1) is 17.8 Å². The van der Waals surface area contributed by atoms with E-state index in [1.165, 1.54) is 6.92 Å². The zero-order chi connectivity index (χ0) is 8.85. The highest BCUT2D eigenvalue weighted by Crippen LogP contribution is 2.05. The molecule has 0 spiro atoms. The Morgan fingerprint density at radius 2 is 2.00 bits per heavy atom. The summed E-state index contributed by atoms with van der Waals surface area (Å²) in [5.74, 6) is 5.53. The molecule has 0 N–H and O–H groups in total. The fourth-order valence-corrected chi connectivity index (χ4v) is 0.653. The van der Waals surface area contributed by atoms with Crippen LogP contribution in [0.5, 0.6) is 0 Å². The summed E-state index contributed by atoms with van der Waals surface area (Å²) in [6.07, 6.45) is -0.252. The van der Waals surface area contributed by atoms with Gasteiger partial charge in [0.15, 0.2) is 6.10 Å². The Bertz CT molecular complexity index is 183. The smallest absolute Gasteiger partial charge is 0.303 e. The van der Waals surface area contributed by atoms with Gasteiger partial charge in [-0.05, 0) is 6.92 Å². The van der Waals surface area contributed by atoms with Gasteiger partial charge in [-0.15, -0.1) is 5.92 Å². The van der Waals surface area contributed by atoms with Gasteiger partial charge in [0.1, 0.15) is 0 Å². The standard InChI is InChI=1S/C9H14O2/c1-5-6-9(7(2)3)11-8(4)10/h7,9H,1-4H3/t9-/m0/s1. The van der Waals surface area contributed by atoms with Crippen molar-refractivity contribution in [1.29, 1.82) is 0 Å². The van der Waals surface area contributed by atoms with E-state index in [1.54, 1.807) is 6.92 Å². The molecule has 2 heteroatoms. The molecule has 62 valence electrons. The first-order valence-electron chi connectivity index (χ1n) is 3.67. The molecule has 0 aromatic rings. The number of esters is 1. The summed E-state index contributed by atoms with van der Waals surface area (Å²) in [5, 5.41) is 0. The second kappa shape index (κ2) is 4.79. The van der Waals surface area contributed by atoms with E-state index >= 15 is 0 Å². The van der Waals surface area contributed by atoms with Crippen molar-refractivity contribution < 1.29 is 9.53 Å². The molecule has 0 aliphatic heterocycles. The van der Waals surface area contributed by atoms with Crippen LogP contribution in [0.1, 0.15) is 27.7 Å². The molecular weight excluding hydrogens is 140 g/mol. The molecule has 1 atom stereocenters. The molecule has 2 nitrogen and oxygen atoms in total. The molecule has 11 heavy (non-hydrogen) atoms. The Kier molecular flexibility index (Phi) is 4.36. The van der Waals surface area contributed by atoms with Gasteiger partial charge in [0.05, 0.1) is 0 Å². The van der Waals surface area contributed by atoms with Gasteiger partial charge in [-0.3, -0.25) is 4.79 Å². The summed E-state index contributed by atoms with van der Waals surface area (Å²) < 4.78 is 4.94. The molecule has 0 aliphatic rings. The molecule has 0 rings (SSSR count). The van der Waals surface area contributed by atoms with Gasteiger partial charge in [0.25, 0.3) is 0 Å². The molecule has 0 aliphatic carbocycles. The summed E-state index contributed by atoms with van der Waals surface area (Å²) in [5.41, 5.74) is 0. The van der Waals surface area contributed by atoms with Crippen LogP contribution in [-0.4, -0.2) is 12.1 Å². The minimum Gasteiger partial charge on any atom is -0.449 e. The van der Waals surface area contributed by atoms with Crippen molar-refractivity contribution in [3.05, 3.63) is 0 Å². The Balaban J connectivity index is 4.07. The molecule has 0 radical (unpaired) electrons. The normalized spacial score (nSPS) is 11.7. The molecule has 0 fully saturated rings. The summed E-state index contributed by atoms with van der Waals surface area (Å²) in [6, 6.07) is 0. The van der Waals surface area contributed by atoms with Crippen molar-refractivity contribution >= 4 is 5.97 Å². The number of carbonyl (C=O) groups excluding carboxylic acids is 1. The number of carbonyl (C=O) groups is 1. The lowest BCUT2D eigenvalue weighted by Gasteiger charge is -2.13. The van der Waals surface area contributed by atoms with Crippen LogP contribution in [0.15, 0.2) is 0 Å². The van der Waals surface area contributed by atoms with Crippen molar-refractivity contribution in [2.24, 2.45) is 5.92 Å². The van der Waals surface area contributed by atoms with Crippen LogP contribution >= 0.6 is 0 Å². The molecular formula is C9H14O2. The third-order valence-electron chi connectivity index (χ3n) is 1.19. The largest absolute Gasteiger partial charge is 0.449 e. The fourth-order valence-electron chi connectivity index (χ4n) is 0.653. The average molecular weight is 154 g/mol. The van der Waals surface area contributed by atoms with Crippen LogP contribution in [0.3, 0.4) is 0 Å². The van der Waals surface area contributed by atoms with Crippen LogP contribution in [0.2, 0.25) is 0 Å². The monoisotopic (exact) mass is 154 g/mol. The van der Waals surface area contributed by atoms with Crippen molar-refractivity contribution in [1.82, 2.24) is 0 Å². The second-order valence-corrected chi connectivity index (χ2v) is 2.67. The maximum absolute atomic E-state index is 10.5. The van der Waals surface area contributed by atoms with Crippen LogP contribution in [-0.2, 0) is 9.53 Å². The van der Waals surface area contributed by atoms with Crippen LogP contribution < -0.4 is 0 Å². The lowest BCUT2D eigenvalue weighted by Crippen LogP contribution is -2.20. The molecule has 0 saturated carbocycles. The van der Waals surface area contributed by atoms with Gasteiger partial charge in [0, 0.05) is 12.8 Å². The second-order valence-electron chi connectivity index (χ2n) is 2.67. The van der Waals surface area contributed by atoms with E-state index in [9.17, 15) is 4.79 Å². The van der Waals surface area contributed by atoms with Crippen molar-refractivity contribution in [2.45, 2.75) is 33.8 Å².